The zero-order chi connectivity index (χ0) is 18.8. The van der Waals surface area contributed by atoms with E-state index in [2.05, 4.69) is 15.5 Å². The molecule has 1 atom stereocenters. The number of nitrogens with one attached hydrogen (secondary N) is 1. The molecule has 0 aliphatic carbocycles. The minimum Gasteiger partial charge on any atom is -0.506 e. The van der Waals surface area contributed by atoms with Gasteiger partial charge in [-0.25, -0.2) is 0 Å². The zero-order valence-electron chi connectivity index (χ0n) is 14.6. The number of carbonyl (C=O) groups excluding carboxylic acids is 1. The number of hydrogen-bond acceptors (Lipinski definition) is 5. The number of halogens is 1. The van der Waals surface area contributed by atoms with Gasteiger partial charge in [-0.3, -0.25) is 4.79 Å². The van der Waals surface area contributed by atoms with Crippen molar-refractivity contribution >= 4 is 17.5 Å². The fraction of sp³-hybridized carbons (Fsp3) is 0.211. The van der Waals surface area contributed by atoms with Crippen LogP contribution in [-0.4, -0.2) is 21.2 Å². The number of amides is 1. The number of carbonyl (C=O) groups is 1. The van der Waals surface area contributed by atoms with Crippen molar-refractivity contribution in [2.24, 2.45) is 0 Å². The molecule has 6 nitrogen and oxygen atoms in total. The third-order valence-corrected chi connectivity index (χ3v) is 4.33. The molecule has 1 amide bonds. The molecule has 134 valence electrons. The Morgan fingerprint density at radius 1 is 1.19 bits per heavy atom. The van der Waals surface area contributed by atoms with E-state index in [-0.39, 0.29) is 28.6 Å². The van der Waals surface area contributed by atoms with Gasteiger partial charge in [0.05, 0.1) is 11.1 Å². The monoisotopic (exact) mass is 371 g/mol. The first-order valence-corrected chi connectivity index (χ1v) is 8.43. The van der Waals surface area contributed by atoms with E-state index >= 15 is 0 Å². The first-order valence-electron chi connectivity index (χ1n) is 8.05. The van der Waals surface area contributed by atoms with Crippen LogP contribution in [0.2, 0.25) is 5.02 Å². The van der Waals surface area contributed by atoms with Crippen LogP contribution in [-0.2, 0) is 0 Å². The summed E-state index contributed by atoms with van der Waals surface area (Å²) >= 11 is 5.97. The lowest BCUT2D eigenvalue weighted by Crippen LogP contribution is -2.26. The number of phenols is 1. The van der Waals surface area contributed by atoms with Crippen LogP contribution in [0.15, 0.2) is 40.8 Å². The molecule has 0 bridgehead atoms. The number of aromatic hydroxyl groups is 1. The average Bonchev–Trinajstić information content (AvgIpc) is 3.10. The van der Waals surface area contributed by atoms with Gasteiger partial charge in [-0.05, 0) is 44.0 Å². The SMILES string of the molecule is Cc1ccc(C(C)NC(=O)c2nnc(-c3cc(C)c(O)c(Cl)c3)o2)cc1. The van der Waals surface area contributed by atoms with Gasteiger partial charge in [-0.2, -0.15) is 0 Å². The van der Waals surface area contributed by atoms with Gasteiger partial charge in [0.1, 0.15) is 5.75 Å². The predicted octanol–water partition coefficient (Wildman–Crippen LogP) is 4.20. The van der Waals surface area contributed by atoms with Crippen LogP contribution in [0, 0.1) is 13.8 Å². The van der Waals surface area contributed by atoms with Gasteiger partial charge in [0.15, 0.2) is 0 Å². The fourth-order valence-electron chi connectivity index (χ4n) is 2.49. The van der Waals surface area contributed by atoms with Crippen LogP contribution in [0.25, 0.3) is 11.5 Å². The lowest BCUT2D eigenvalue weighted by atomic mass is 10.1. The highest BCUT2D eigenvalue weighted by Crippen LogP contribution is 2.32. The Hall–Kier alpha value is -2.86. The van der Waals surface area contributed by atoms with E-state index in [1.165, 1.54) is 6.07 Å². The molecule has 0 aliphatic heterocycles. The molecule has 1 aromatic heterocycles. The second-order valence-corrected chi connectivity index (χ2v) is 6.55. The minimum absolute atomic E-state index is 0.000166. The summed E-state index contributed by atoms with van der Waals surface area (Å²) in [6.45, 7) is 5.59. The van der Waals surface area contributed by atoms with Gasteiger partial charge >= 0.3 is 11.8 Å². The normalized spacial score (nSPS) is 12.0. The summed E-state index contributed by atoms with van der Waals surface area (Å²) in [7, 11) is 0. The Kier molecular flexibility index (Phi) is 4.95. The van der Waals surface area contributed by atoms with Crippen molar-refractivity contribution in [3.63, 3.8) is 0 Å². The number of rotatable bonds is 4. The molecule has 0 aliphatic rings. The van der Waals surface area contributed by atoms with Crippen LogP contribution in [0.4, 0.5) is 0 Å². The van der Waals surface area contributed by atoms with Gasteiger partial charge in [-0.15, -0.1) is 10.2 Å². The molecule has 0 fully saturated rings. The van der Waals surface area contributed by atoms with Crippen molar-refractivity contribution in [1.82, 2.24) is 15.5 Å². The van der Waals surface area contributed by atoms with Gasteiger partial charge in [-0.1, -0.05) is 41.4 Å². The molecule has 0 saturated carbocycles. The Balaban J connectivity index is 1.77. The lowest BCUT2D eigenvalue weighted by Gasteiger charge is -2.12. The smallest absolute Gasteiger partial charge is 0.309 e. The second kappa shape index (κ2) is 7.17. The number of benzene rings is 2. The van der Waals surface area contributed by atoms with Crippen LogP contribution in [0.5, 0.6) is 5.75 Å². The van der Waals surface area contributed by atoms with Crippen molar-refractivity contribution in [2.75, 3.05) is 0 Å². The van der Waals surface area contributed by atoms with E-state index in [9.17, 15) is 9.90 Å². The summed E-state index contributed by atoms with van der Waals surface area (Å²) < 4.78 is 5.46. The first kappa shape index (κ1) is 17.9. The molecule has 3 aromatic rings. The number of hydrogen-bond donors (Lipinski definition) is 2. The van der Waals surface area contributed by atoms with Crippen molar-refractivity contribution in [2.45, 2.75) is 26.8 Å². The maximum absolute atomic E-state index is 12.4. The highest BCUT2D eigenvalue weighted by Gasteiger charge is 2.19. The Labute approximate surface area is 155 Å². The summed E-state index contributed by atoms with van der Waals surface area (Å²) in [5, 5.41) is 20.4. The Morgan fingerprint density at radius 2 is 1.88 bits per heavy atom. The molecule has 26 heavy (non-hydrogen) atoms. The molecule has 1 unspecified atom stereocenters. The topological polar surface area (TPSA) is 88.2 Å². The molecule has 7 heteroatoms. The Morgan fingerprint density at radius 3 is 2.54 bits per heavy atom. The van der Waals surface area contributed by atoms with Crippen LogP contribution in [0.3, 0.4) is 0 Å². The summed E-state index contributed by atoms with van der Waals surface area (Å²) in [6.07, 6.45) is 0. The zero-order valence-corrected chi connectivity index (χ0v) is 15.3. The lowest BCUT2D eigenvalue weighted by molar-refractivity contribution is 0.0905. The molecule has 0 radical (unpaired) electrons. The van der Waals surface area contributed by atoms with E-state index in [0.29, 0.717) is 11.1 Å². The number of aryl methyl sites for hydroxylation is 2. The maximum atomic E-state index is 12.4. The van der Waals surface area contributed by atoms with Crippen LogP contribution in [0.1, 0.15) is 40.3 Å². The van der Waals surface area contributed by atoms with Crippen molar-refractivity contribution in [3.05, 3.63) is 64.0 Å². The molecule has 2 N–H and O–H groups in total. The molecule has 2 aromatic carbocycles. The molecule has 3 rings (SSSR count). The van der Waals surface area contributed by atoms with Gasteiger partial charge in [0.25, 0.3) is 0 Å². The highest BCUT2D eigenvalue weighted by atomic mass is 35.5. The molecule has 1 heterocycles. The number of nitrogens with zero attached hydrogens (tertiary/aromatic N) is 2. The predicted molar refractivity (Wildman–Crippen MR) is 98.2 cm³/mol. The van der Waals surface area contributed by atoms with Crippen molar-refractivity contribution in [3.8, 4) is 17.2 Å². The summed E-state index contributed by atoms with van der Waals surface area (Å²) in [5.74, 6) is -0.442. The highest BCUT2D eigenvalue weighted by molar-refractivity contribution is 6.32. The summed E-state index contributed by atoms with van der Waals surface area (Å²) in [4.78, 5) is 12.4. The molecular formula is C19H18ClN3O3. The second-order valence-electron chi connectivity index (χ2n) is 6.14. The fourth-order valence-corrected chi connectivity index (χ4v) is 2.76. The molecule has 0 saturated heterocycles. The summed E-state index contributed by atoms with van der Waals surface area (Å²) in [6, 6.07) is 10.9. The first-order chi connectivity index (χ1) is 12.3. The van der Waals surface area contributed by atoms with Crippen molar-refractivity contribution in [1.29, 1.82) is 0 Å². The van der Waals surface area contributed by atoms with E-state index in [1.807, 2.05) is 38.1 Å². The molecule has 0 spiro atoms. The minimum atomic E-state index is -0.460. The third kappa shape index (κ3) is 3.70. The van der Waals surface area contributed by atoms with E-state index in [4.69, 9.17) is 16.0 Å². The maximum Gasteiger partial charge on any atom is 0.309 e. The van der Waals surface area contributed by atoms with Gasteiger partial charge < -0.3 is 14.8 Å². The summed E-state index contributed by atoms with van der Waals surface area (Å²) in [5.41, 5.74) is 3.23. The van der Waals surface area contributed by atoms with Gasteiger partial charge in [0.2, 0.25) is 5.89 Å². The number of aromatic nitrogens is 2. The van der Waals surface area contributed by atoms with Gasteiger partial charge in [0, 0.05) is 5.56 Å². The van der Waals surface area contributed by atoms with E-state index < -0.39 is 5.91 Å². The number of phenolic OH excluding ortho intramolecular Hbond substituents is 1. The van der Waals surface area contributed by atoms with Crippen molar-refractivity contribution < 1.29 is 14.3 Å². The largest absolute Gasteiger partial charge is 0.506 e. The standard InChI is InChI=1S/C19H18ClN3O3/c1-10-4-6-13(7-5-10)12(3)21-17(25)19-23-22-18(26-19)14-8-11(2)16(24)15(20)9-14/h4-9,12,24H,1-3H3,(H,21,25). The third-order valence-electron chi connectivity index (χ3n) is 4.05. The van der Waals surface area contributed by atoms with E-state index in [1.54, 1.807) is 13.0 Å². The van der Waals surface area contributed by atoms with Crippen LogP contribution < -0.4 is 5.32 Å². The Bertz CT molecular complexity index is 928. The average molecular weight is 372 g/mol. The quantitative estimate of drug-likeness (QED) is 0.717. The van der Waals surface area contributed by atoms with Crippen LogP contribution >= 0.6 is 11.6 Å². The molecular weight excluding hydrogens is 354 g/mol. The van der Waals surface area contributed by atoms with E-state index in [0.717, 1.165) is 11.1 Å².